The van der Waals surface area contributed by atoms with Crippen molar-refractivity contribution in [2.45, 2.75) is 32.0 Å². The van der Waals surface area contributed by atoms with E-state index in [9.17, 15) is 4.79 Å². The number of nitrogen functional groups attached to an aromatic ring is 1. The molecule has 0 spiro atoms. The molecule has 0 aliphatic carbocycles. The highest BCUT2D eigenvalue weighted by atomic mass is 35.5. The molecule has 0 bridgehead atoms. The monoisotopic (exact) mass is 389 g/mol. The van der Waals surface area contributed by atoms with Crippen LogP contribution in [0.3, 0.4) is 0 Å². The zero-order chi connectivity index (χ0) is 19.4. The van der Waals surface area contributed by atoms with Gasteiger partial charge in [0.15, 0.2) is 6.10 Å². The van der Waals surface area contributed by atoms with Crippen molar-refractivity contribution in [2.75, 3.05) is 25.9 Å². The zero-order valence-electron chi connectivity index (χ0n) is 15.5. The molecule has 1 aliphatic heterocycles. The van der Waals surface area contributed by atoms with Crippen molar-refractivity contribution in [3.8, 4) is 5.75 Å². The van der Waals surface area contributed by atoms with E-state index in [1.807, 2.05) is 24.1 Å². The molecule has 1 aliphatic rings. The van der Waals surface area contributed by atoms with Crippen LogP contribution in [0.4, 0.5) is 5.82 Å². The van der Waals surface area contributed by atoms with Gasteiger partial charge >= 0.3 is 0 Å². The molecule has 1 aromatic heterocycles. The summed E-state index contributed by atoms with van der Waals surface area (Å²) in [5, 5.41) is 0.498. The van der Waals surface area contributed by atoms with E-state index in [2.05, 4.69) is 14.9 Å². The van der Waals surface area contributed by atoms with Crippen LogP contribution in [0.2, 0.25) is 5.02 Å². The number of benzene rings is 1. The maximum absolute atomic E-state index is 12.7. The molecule has 27 heavy (non-hydrogen) atoms. The number of ether oxygens (including phenoxy) is 1. The Morgan fingerprint density at radius 3 is 2.96 bits per heavy atom. The number of rotatable bonds is 6. The first-order valence-corrected chi connectivity index (χ1v) is 9.29. The van der Waals surface area contributed by atoms with Crippen LogP contribution >= 0.6 is 11.6 Å². The minimum atomic E-state index is -0.591. The molecule has 0 unspecified atom stereocenters. The molecule has 0 saturated carbocycles. The van der Waals surface area contributed by atoms with Crippen molar-refractivity contribution < 1.29 is 9.53 Å². The summed E-state index contributed by atoms with van der Waals surface area (Å²) in [4.78, 5) is 25.2. The average Bonchev–Trinajstić information content (AvgIpc) is 3.13. The third-order valence-electron chi connectivity index (χ3n) is 4.70. The molecule has 0 radical (unpaired) electrons. The van der Waals surface area contributed by atoms with Gasteiger partial charge in [-0.2, -0.15) is 0 Å². The molecule has 2 N–H and O–H groups in total. The van der Waals surface area contributed by atoms with Crippen LogP contribution in [-0.4, -0.2) is 58.0 Å². The van der Waals surface area contributed by atoms with Gasteiger partial charge in [-0.3, -0.25) is 9.69 Å². The normalized spacial score (nSPS) is 17.9. The zero-order valence-corrected chi connectivity index (χ0v) is 16.3. The highest BCUT2D eigenvalue weighted by molar-refractivity contribution is 6.32. The summed E-state index contributed by atoms with van der Waals surface area (Å²) in [6.45, 7) is 3.68. The number of aromatic nitrogens is 2. The van der Waals surface area contributed by atoms with Crippen molar-refractivity contribution in [1.29, 1.82) is 0 Å². The first-order valence-electron chi connectivity index (χ1n) is 8.91. The fraction of sp³-hybridized carbons (Fsp3) is 0.421. The fourth-order valence-electron chi connectivity index (χ4n) is 3.18. The lowest BCUT2D eigenvalue weighted by molar-refractivity contribution is -0.137. The quantitative estimate of drug-likeness (QED) is 0.815. The first kappa shape index (κ1) is 19.4. The van der Waals surface area contributed by atoms with E-state index in [0.717, 1.165) is 6.42 Å². The molecule has 1 aromatic carbocycles. The van der Waals surface area contributed by atoms with E-state index in [1.165, 1.54) is 0 Å². The van der Waals surface area contributed by atoms with Crippen LogP contribution < -0.4 is 10.5 Å². The highest BCUT2D eigenvalue weighted by Gasteiger charge is 2.32. The lowest BCUT2D eigenvalue weighted by Gasteiger charge is -2.25. The second-order valence-corrected chi connectivity index (χ2v) is 7.14. The summed E-state index contributed by atoms with van der Waals surface area (Å²) in [6, 6.07) is 9.07. The van der Waals surface area contributed by atoms with Gasteiger partial charge < -0.3 is 15.4 Å². The van der Waals surface area contributed by atoms with Crippen LogP contribution in [0.25, 0.3) is 0 Å². The number of para-hydroxylation sites is 1. The van der Waals surface area contributed by atoms with Crippen LogP contribution in [0, 0.1) is 0 Å². The molecular weight excluding hydrogens is 366 g/mol. The van der Waals surface area contributed by atoms with Gasteiger partial charge in [0.25, 0.3) is 5.91 Å². The van der Waals surface area contributed by atoms with Crippen molar-refractivity contribution in [3.05, 3.63) is 47.4 Å². The number of nitrogens with zero attached hydrogens (tertiary/aromatic N) is 4. The Hall–Kier alpha value is -2.38. The number of amides is 1. The minimum absolute atomic E-state index is 0.0361. The smallest absolute Gasteiger partial charge is 0.263 e. The van der Waals surface area contributed by atoms with Gasteiger partial charge in [-0.05, 0) is 38.6 Å². The summed E-state index contributed by atoms with van der Waals surface area (Å²) in [5.74, 6) is 1.62. The second kappa shape index (κ2) is 8.54. The summed E-state index contributed by atoms with van der Waals surface area (Å²) in [6.07, 6.45) is 1.96. The second-order valence-electron chi connectivity index (χ2n) is 6.73. The number of hydrogen-bond acceptors (Lipinski definition) is 6. The molecule has 2 atom stereocenters. The number of nitrogens with two attached hydrogens (primary N) is 1. The molecule has 8 heteroatoms. The number of likely N-dealkylation sites (N-methyl/N-ethyl adjacent to an activating group) is 1. The molecule has 144 valence electrons. The van der Waals surface area contributed by atoms with Crippen molar-refractivity contribution >= 4 is 23.3 Å². The van der Waals surface area contributed by atoms with Crippen LogP contribution in [0.1, 0.15) is 19.2 Å². The summed E-state index contributed by atoms with van der Waals surface area (Å²) in [7, 11) is 2.01. The summed E-state index contributed by atoms with van der Waals surface area (Å²) < 4.78 is 5.75. The Labute approximate surface area is 164 Å². The molecule has 1 saturated heterocycles. The number of hydrogen-bond donors (Lipinski definition) is 1. The number of carbonyl (C=O) groups excluding carboxylic acids is 1. The van der Waals surface area contributed by atoms with E-state index in [-0.39, 0.29) is 11.9 Å². The Morgan fingerprint density at radius 1 is 1.44 bits per heavy atom. The van der Waals surface area contributed by atoms with Crippen molar-refractivity contribution in [1.82, 2.24) is 19.8 Å². The molecule has 1 fully saturated rings. The predicted molar refractivity (Wildman–Crippen MR) is 104 cm³/mol. The number of anilines is 1. The van der Waals surface area contributed by atoms with E-state index in [1.54, 1.807) is 31.3 Å². The lowest BCUT2D eigenvalue weighted by Crippen LogP contribution is -2.41. The Morgan fingerprint density at radius 2 is 2.22 bits per heavy atom. The topological polar surface area (TPSA) is 84.6 Å². The van der Waals surface area contributed by atoms with Crippen LogP contribution in [0.15, 0.2) is 36.5 Å². The Kier molecular flexibility index (Phi) is 6.13. The third kappa shape index (κ3) is 4.87. The standard InChI is InChI=1S/C19H24ClN5O2/c1-13(27-16-6-4-3-5-15(16)20)19(26)25-10-8-14(11-25)24(2)12-18-22-9-7-17(21)23-18/h3-7,9,13-14H,8,10-12H2,1-2H3,(H2,21,22,23)/t13-,14+/m1/s1. The Balaban J connectivity index is 1.55. The summed E-state index contributed by atoms with van der Waals surface area (Å²) >= 11 is 6.11. The fourth-order valence-corrected chi connectivity index (χ4v) is 3.36. The molecule has 2 aromatic rings. The van der Waals surface area contributed by atoms with Gasteiger partial charge in [-0.25, -0.2) is 9.97 Å². The minimum Gasteiger partial charge on any atom is -0.479 e. The van der Waals surface area contributed by atoms with Crippen LogP contribution in [-0.2, 0) is 11.3 Å². The van der Waals surface area contributed by atoms with Gasteiger partial charge in [-0.15, -0.1) is 0 Å². The van der Waals surface area contributed by atoms with Gasteiger partial charge in [0, 0.05) is 25.3 Å². The van der Waals surface area contributed by atoms with Crippen LogP contribution in [0.5, 0.6) is 5.75 Å². The van der Waals surface area contributed by atoms with E-state index in [0.29, 0.717) is 42.0 Å². The lowest BCUT2D eigenvalue weighted by atomic mass is 10.2. The highest BCUT2D eigenvalue weighted by Crippen LogP contribution is 2.25. The van der Waals surface area contributed by atoms with E-state index < -0.39 is 6.10 Å². The Bertz CT molecular complexity index is 803. The largest absolute Gasteiger partial charge is 0.479 e. The maximum Gasteiger partial charge on any atom is 0.263 e. The van der Waals surface area contributed by atoms with Crippen molar-refractivity contribution in [3.63, 3.8) is 0 Å². The molecule has 3 rings (SSSR count). The third-order valence-corrected chi connectivity index (χ3v) is 5.02. The average molecular weight is 390 g/mol. The molecule has 2 heterocycles. The number of halogens is 1. The van der Waals surface area contributed by atoms with E-state index >= 15 is 0 Å². The first-order chi connectivity index (χ1) is 12.9. The number of carbonyl (C=O) groups is 1. The predicted octanol–water partition coefficient (Wildman–Crippen LogP) is 2.21. The van der Waals surface area contributed by atoms with Gasteiger partial charge in [0.05, 0.1) is 11.6 Å². The van der Waals surface area contributed by atoms with Gasteiger partial charge in [-0.1, -0.05) is 23.7 Å². The SMILES string of the molecule is C[C@@H](Oc1ccccc1Cl)C(=O)N1CC[C@H](N(C)Cc2nccc(N)n2)C1. The van der Waals surface area contributed by atoms with Crippen molar-refractivity contribution in [2.24, 2.45) is 0 Å². The number of likely N-dealkylation sites (tertiary alicyclic amines) is 1. The molecule has 1 amide bonds. The molecule has 7 nitrogen and oxygen atoms in total. The molecular formula is C19H24ClN5O2. The van der Waals surface area contributed by atoms with E-state index in [4.69, 9.17) is 22.1 Å². The van der Waals surface area contributed by atoms with Gasteiger partial charge in [0.2, 0.25) is 0 Å². The van der Waals surface area contributed by atoms with Gasteiger partial charge in [0.1, 0.15) is 17.4 Å². The maximum atomic E-state index is 12.7. The summed E-state index contributed by atoms with van der Waals surface area (Å²) in [5.41, 5.74) is 5.71.